The highest BCUT2D eigenvalue weighted by molar-refractivity contribution is 7.79. The quantitative estimate of drug-likeness (QED) is 0.542. The van der Waals surface area contributed by atoms with Crippen LogP contribution in [0.3, 0.4) is 0 Å². The van der Waals surface area contributed by atoms with E-state index >= 15 is 0 Å². The first kappa shape index (κ1) is 20.8. The largest absolute Gasteiger partial charge is 0.460 e. The van der Waals surface area contributed by atoms with Gasteiger partial charge in [-0.1, -0.05) is 17.7 Å². The van der Waals surface area contributed by atoms with Crippen molar-refractivity contribution in [3.05, 3.63) is 40.1 Å². The summed E-state index contributed by atoms with van der Waals surface area (Å²) in [6, 6.07) is 4.12. The van der Waals surface area contributed by atoms with E-state index < -0.39 is 5.60 Å². The molecule has 0 amide bonds. The van der Waals surface area contributed by atoms with Crippen LogP contribution in [0.25, 0.3) is 5.57 Å². The van der Waals surface area contributed by atoms with E-state index in [0.717, 1.165) is 35.1 Å². The van der Waals surface area contributed by atoms with Gasteiger partial charge in [0.2, 0.25) is 0 Å². The minimum atomic E-state index is -0.864. The lowest BCUT2D eigenvalue weighted by atomic mass is 9.80. The summed E-state index contributed by atoms with van der Waals surface area (Å²) in [6.07, 6.45) is 3.07. The monoisotopic (exact) mass is 404 g/mol. The minimum Gasteiger partial charge on any atom is -0.460 e. The van der Waals surface area contributed by atoms with Crippen molar-refractivity contribution in [3.8, 4) is 0 Å². The standard InChI is InChI=1S/C22H28O5S/c1-6-25-16-8-7-9-22(12-16)19(26-21(28)24-5)18(20(23)27-22)17-14(3)10-13(2)11-15(17)4/h10-11,16H,6-9,12H2,1-5H3. The third-order valence-electron chi connectivity index (χ3n) is 5.48. The Morgan fingerprint density at radius 1 is 1.29 bits per heavy atom. The van der Waals surface area contributed by atoms with E-state index in [1.165, 1.54) is 7.11 Å². The molecule has 5 nitrogen and oxygen atoms in total. The summed E-state index contributed by atoms with van der Waals surface area (Å²) in [4.78, 5) is 13.1. The number of thiocarbonyl (C=S) groups is 1. The Balaban J connectivity index is 2.16. The average Bonchev–Trinajstić information content (AvgIpc) is 2.86. The second kappa shape index (κ2) is 8.21. The number of carbonyl (C=O) groups is 1. The van der Waals surface area contributed by atoms with Gasteiger partial charge in [-0.2, -0.15) is 0 Å². The molecule has 0 bridgehead atoms. The predicted octanol–water partition coefficient (Wildman–Crippen LogP) is 4.55. The molecule has 6 heteroatoms. The van der Waals surface area contributed by atoms with Crippen LogP contribution in [0.15, 0.2) is 17.9 Å². The maximum absolute atomic E-state index is 13.1. The van der Waals surface area contributed by atoms with Gasteiger partial charge in [0.25, 0.3) is 0 Å². The Morgan fingerprint density at radius 2 is 1.96 bits per heavy atom. The van der Waals surface area contributed by atoms with Gasteiger partial charge in [0.05, 0.1) is 13.2 Å². The van der Waals surface area contributed by atoms with Crippen LogP contribution >= 0.6 is 12.2 Å². The Hall–Kier alpha value is -1.92. The van der Waals surface area contributed by atoms with Crippen molar-refractivity contribution in [2.45, 2.75) is 65.1 Å². The lowest BCUT2D eigenvalue weighted by molar-refractivity contribution is -0.154. The van der Waals surface area contributed by atoms with E-state index in [9.17, 15) is 4.79 Å². The van der Waals surface area contributed by atoms with Gasteiger partial charge in [-0.3, -0.25) is 0 Å². The molecule has 3 rings (SSSR count). The van der Waals surface area contributed by atoms with Crippen molar-refractivity contribution in [2.24, 2.45) is 0 Å². The molecule has 2 aliphatic rings. The van der Waals surface area contributed by atoms with Crippen LogP contribution in [-0.4, -0.2) is 36.6 Å². The zero-order chi connectivity index (χ0) is 20.5. The number of esters is 1. The second-order valence-electron chi connectivity index (χ2n) is 7.59. The van der Waals surface area contributed by atoms with Gasteiger partial charge in [0, 0.05) is 25.2 Å². The average molecular weight is 405 g/mol. The van der Waals surface area contributed by atoms with Gasteiger partial charge < -0.3 is 18.9 Å². The van der Waals surface area contributed by atoms with Crippen LogP contribution in [0.2, 0.25) is 0 Å². The number of carbonyl (C=O) groups excluding carboxylic acids is 1. The molecular weight excluding hydrogens is 376 g/mol. The molecule has 1 aromatic rings. The molecule has 1 heterocycles. The Morgan fingerprint density at radius 3 is 2.57 bits per heavy atom. The molecule has 152 valence electrons. The van der Waals surface area contributed by atoms with E-state index in [2.05, 4.69) is 12.1 Å². The summed E-state index contributed by atoms with van der Waals surface area (Å²) in [5.74, 6) is 0.0879. The van der Waals surface area contributed by atoms with E-state index in [1.807, 2.05) is 27.7 Å². The maximum atomic E-state index is 13.1. The highest BCUT2D eigenvalue weighted by Gasteiger charge is 2.53. The van der Waals surface area contributed by atoms with Crippen molar-refractivity contribution in [1.82, 2.24) is 0 Å². The van der Waals surface area contributed by atoms with Crippen molar-refractivity contribution in [3.63, 3.8) is 0 Å². The fourth-order valence-corrected chi connectivity index (χ4v) is 4.60. The first-order valence-corrected chi connectivity index (χ1v) is 10.2. The van der Waals surface area contributed by atoms with Crippen molar-refractivity contribution >= 4 is 29.0 Å². The van der Waals surface area contributed by atoms with Crippen molar-refractivity contribution < 1.29 is 23.7 Å². The molecule has 1 saturated carbocycles. The molecule has 0 radical (unpaired) electrons. The van der Waals surface area contributed by atoms with Crippen LogP contribution in [0, 0.1) is 20.8 Å². The third-order valence-corrected chi connectivity index (χ3v) is 5.73. The van der Waals surface area contributed by atoms with E-state index in [4.69, 9.17) is 31.2 Å². The molecule has 1 fully saturated rings. The van der Waals surface area contributed by atoms with Gasteiger partial charge in [0.1, 0.15) is 5.57 Å². The number of benzene rings is 1. The summed E-state index contributed by atoms with van der Waals surface area (Å²) in [5, 5.41) is -0.0221. The smallest absolute Gasteiger partial charge is 0.357 e. The van der Waals surface area contributed by atoms with Crippen LogP contribution < -0.4 is 0 Å². The van der Waals surface area contributed by atoms with E-state index in [-0.39, 0.29) is 17.3 Å². The summed E-state index contributed by atoms with van der Waals surface area (Å²) in [7, 11) is 1.46. The first-order valence-electron chi connectivity index (χ1n) is 9.75. The number of aryl methyl sites for hydroxylation is 3. The number of methoxy groups -OCH3 is 1. The summed E-state index contributed by atoms with van der Waals surface area (Å²) >= 11 is 5.18. The molecule has 0 aromatic heterocycles. The summed E-state index contributed by atoms with van der Waals surface area (Å²) in [6.45, 7) is 8.62. The fourth-order valence-electron chi connectivity index (χ4n) is 4.52. The zero-order valence-corrected chi connectivity index (χ0v) is 18.0. The van der Waals surface area contributed by atoms with Gasteiger partial charge in [0.15, 0.2) is 11.4 Å². The molecule has 1 aliphatic heterocycles. The molecule has 1 aliphatic carbocycles. The van der Waals surface area contributed by atoms with Gasteiger partial charge >= 0.3 is 11.2 Å². The third kappa shape index (κ3) is 3.80. The number of hydrogen-bond acceptors (Lipinski definition) is 6. The van der Waals surface area contributed by atoms with Gasteiger partial charge in [-0.25, -0.2) is 4.79 Å². The Bertz CT molecular complexity index is 803. The van der Waals surface area contributed by atoms with Gasteiger partial charge in [-0.05, 0) is 63.6 Å². The highest BCUT2D eigenvalue weighted by Crippen LogP contribution is 2.48. The molecule has 28 heavy (non-hydrogen) atoms. The maximum Gasteiger partial charge on any atom is 0.357 e. The first-order chi connectivity index (χ1) is 13.3. The summed E-state index contributed by atoms with van der Waals surface area (Å²) in [5.41, 5.74) is 3.58. The lowest BCUT2D eigenvalue weighted by Gasteiger charge is -2.37. The van der Waals surface area contributed by atoms with Crippen LogP contribution in [0.5, 0.6) is 0 Å². The molecule has 2 unspecified atom stereocenters. The molecule has 0 N–H and O–H groups in total. The van der Waals surface area contributed by atoms with Crippen LogP contribution in [-0.2, 0) is 23.7 Å². The Kier molecular flexibility index (Phi) is 6.10. The van der Waals surface area contributed by atoms with Crippen LogP contribution in [0.1, 0.15) is 54.9 Å². The van der Waals surface area contributed by atoms with Crippen LogP contribution in [0.4, 0.5) is 0 Å². The Labute approximate surface area is 172 Å². The second-order valence-corrected chi connectivity index (χ2v) is 7.92. The fraction of sp³-hybridized carbons (Fsp3) is 0.545. The normalized spacial score (nSPS) is 24.5. The number of rotatable bonds is 4. The van der Waals surface area contributed by atoms with E-state index in [0.29, 0.717) is 30.8 Å². The molecule has 1 aromatic carbocycles. The highest BCUT2D eigenvalue weighted by atomic mass is 32.1. The summed E-state index contributed by atoms with van der Waals surface area (Å²) < 4.78 is 22.9. The number of ether oxygens (including phenoxy) is 4. The SMILES string of the molecule is CCOC1CCCC2(C1)OC(=O)C(c1c(C)cc(C)cc1C)=C2OC(=S)OC. The van der Waals surface area contributed by atoms with E-state index in [1.54, 1.807) is 0 Å². The predicted molar refractivity (Wildman–Crippen MR) is 111 cm³/mol. The van der Waals surface area contributed by atoms with Gasteiger partial charge in [-0.15, -0.1) is 0 Å². The minimum absolute atomic E-state index is 0.0147. The molecular formula is C22H28O5S. The number of hydrogen-bond donors (Lipinski definition) is 0. The molecule has 0 saturated heterocycles. The van der Waals surface area contributed by atoms with Crippen molar-refractivity contribution in [1.29, 1.82) is 0 Å². The van der Waals surface area contributed by atoms with Crippen molar-refractivity contribution in [2.75, 3.05) is 13.7 Å². The zero-order valence-electron chi connectivity index (χ0n) is 17.2. The molecule has 1 spiro atoms. The lowest BCUT2D eigenvalue weighted by Crippen LogP contribution is -2.42. The molecule has 2 atom stereocenters. The topological polar surface area (TPSA) is 54.0 Å².